The number of nitrogens with zero attached hydrogens (tertiary/aromatic N) is 1. The number of nitriles is 1. The van der Waals surface area contributed by atoms with Crippen molar-refractivity contribution in [1.29, 1.82) is 5.26 Å². The molecule has 0 bridgehead atoms. The molecule has 0 aromatic heterocycles. The topological polar surface area (TPSA) is 35.8 Å². The van der Waals surface area contributed by atoms with Crippen molar-refractivity contribution in [2.24, 2.45) is 0 Å². The molecule has 0 aliphatic rings. The van der Waals surface area contributed by atoms with Crippen LogP contribution in [0.4, 0.5) is 10.1 Å². The van der Waals surface area contributed by atoms with Crippen molar-refractivity contribution >= 4 is 5.69 Å². The Labute approximate surface area is 82.7 Å². The molecular weight excluding hydrogens is 179 g/mol. The molecule has 3 heteroatoms. The van der Waals surface area contributed by atoms with Gasteiger partial charge in [0.2, 0.25) is 0 Å². The summed E-state index contributed by atoms with van der Waals surface area (Å²) in [6.45, 7) is 5.77. The van der Waals surface area contributed by atoms with Crippen LogP contribution in [0.2, 0.25) is 0 Å². The van der Waals surface area contributed by atoms with E-state index in [1.165, 1.54) is 6.07 Å². The van der Waals surface area contributed by atoms with Gasteiger partial charge in [0, 0.05) is 6.54 Å². The molecule has 0 radical (unpaired) electrons. The molecule has 0 aliphatic heterocycles. The molecule has 0 unspecified atom stereocenters. The predicted octanol–water partition coefficient (Wildman–Crippen LogP) is 2.60. The molecule has 14 heavy (non-hydrogen) atoms. The van der Waals surface area contributed by atoms with Gasteiger partial charge in [0.1, 0.15) is 11.9 Å². The van der Waals surface area contributed by atoms with Crippen molar-refractivity contribution in [2.75, 3.05) is 11.9 Å². The zero-order valence-electron chi connectivity index (χ0n) is 7.97. The van der Waals surface area contributed by atoms with Crippen LogP contribution in [0.5, 0.6) is 0 Å². The third kappa shape index (κ3) is 2.11. The predicted molar refractivity (Wildman–Crippen MR) is 54.5 cm³/mol. The second-order valence-corrected chi connectivity index (χ2v) is 2.93. The molecule has 2 nitrogen and oxygen atoms in total. The summed E-state index contributed by atoms with van der Waals surface area (Å²) in [6, 6.07) is 4.79. The second-order valence-electron chi connectivity index (χ2n) is 2.93. The van der Waals surface area contributed by atoms with Crippen molar-refractivity contribution in [1.82, 2.24) is 0 Å². The normalized spacial score (nSPS) is 9.21. The van der Waals surface area contributed by atoms with E-state index in [0.717, 1.165) is 0 Å². The molecule has 0 heterocycles. The van der Waals surface area contributed by atoms with E-state index in [4.69, 9.17) is 5.26 Å². The third-order valence-electron chi connectivity index (χ3n) is 1.86. The van der Waals surface area contributed by atoms with Crippen LogP contribution in [0.1, 0.15) is 11.1 Å². The Kier molecular flexibility index (Phi) is 3.24. The number of halogens is 1. The van der Waals surface area contributed by atoms with Crippen molar-refractivity contribution < 1.29 is 4.39 Å². The first kappa shape index (κ1) is 10.3. The summed E-state index contributed by atoms with van der Waals surface area (Å²) in [5.74, 6) is -0.356. The number of rotatable bonds is 3. The summed E-state index contributed by atoms with van der Waals surface area (Å²) in [7, 11) is 0. The van der Waals surface area contributed by atoms with Crippen molar-refractivity contribution in [2.45, 2.75) is 6.92 Å². The van der Waals surface area contributed by atoms with E-state index in [-0.39, 0.29) is 5.82 Å². The molecular formula is C11H11FN2. The lowest BCUT2D eigenvalue weighted by atomic mass is 10.1. The number of hydrogen-bond donors (Lipinski definition) is 1. The monoisotopic (exact) mass is 190 g/mol. The highest BCUT2D eigenvalue weighted by Gasteiger charge is 2.05. The SMILES string of the molecule is C=CCNc1cc(C)c(F)cc1C#N. The van der Waals surface area contributed by atoms with Gasteiger partial charge in [-0.2, -0.15) is 5.26 Å². The van der Waals surface area contributed by atoms with Gasteiger partial charge in [-0.1, -0.05) is 6.08 Å². The molecule has 0 saturated carbocycles. The fraction of sp³-hybridized carbons (Fsp3) is 0.182. The third-order valence-corrected chi connectivity index (χ3v) is 1.86. The quantitative estimate of drug-likeness (QED) is 0.743. The minimum Gasteiger partial charge on any atom is -0.381 e. The van der Waals surface area contributed by atoms with Crippen molar-refractivity contribution in [3.63, 3.8) is 0 Å². The van der Waals surface area contributed by atoms with Crippen molar-refractivity contribution in [3.8, 4) is 6.07 Å². The largest absolute Gasteiger partial charge is 0.381 e. The van der Waals surface area contributed by atoms with Gasteiger partial charge in [-0.3, -0.25) is 0 Å². The maximum Gasteiger partial charge on any atom is 0.127 e. The zero-order chi connectivity index (χ0) is 10.6. The summed E-state index contributed by atoms with van der Waals surface area (Å²) in [4.78, 5) is 0. The number of hydrogen-bond acceptors (Lipinski definition) is 2. The Balaban J connectivity index is 3.08. The van der Waals surface area contributed by atoms with Crippen LogP contribution in [-0.4, -0.2) is 6.54 Å². The molecule has 0 saturated heterocycles. The van der Waals surface area contributed by atoms with E-state index in [2.05, 4.69) is 11.9 Å². The summed E-state index contributed by atoms with van der Waals surface area (Å²) in [5, 5.41) is 11.7. The van der Waals surface area contributed by atoms with Crippen LogP contribution in [0.15, 0.2) is 24.8 Å². The lowest BCUT2D eigenvalue weighted by Gasteiger charge is -2.07. The van der Waals surface area contributed by atoms with Gasteiger partial charge in [-0.25, -0.2) is 4.39 Å². The van der Waals surface area contributed by atoms with E-state index < -0.39 is 0 Å². The molecule has 1 N–H and O–H groups in total. The first-order chi connectivity index (χ1) is 6.69. The van der Waals surface area contributed by atoms with Crippen LogP contribution in [0, 0.1) is 24.1 Å². The average Bonchev–Trinajstić information content (AvgIpc) is 2.19. The molecule has 1 aromatic rings. The van der Waals surface area contributed by atoms with Gasteiger partial charge < -0.3 is 5.32 Å². The van der Waals surface area contributed by atoms with Crippen LogP contribution in [0.3, 0.4) is 0 Å². The highest BCUT2D eigenvalue weighted by atomic mass is 19.1. The Morgan fingerprint density at radius 3 is 2.93 bits per heavy atom. The molecule has 0 spiro atoms. The molecule has 0 amide bonds. The van der Waals surface area contributed by atoms with Crippen LogP contribution >= 0.6 is 0 Å². The Hall–Kier alpha value is -1.82. The standard InChI is InChI=1S/C11H11FN2/c1-3-4-14-11-5-8(2)10(12)6-9(11)7-13/h3,5-6,14H,1,4H2,2H3. The van der Waals surface area contributed by atoms with Gasteiger partial charge in [0.25, 0.3) is 0 Å². The molecule has 1 aromatic carbocycles. The Morgan fingerprint density at radius 1 is 1.64 bits per heavy atom. The summed E-state index contributed by atoms with van der Waals surface area (Å²) in [5.41, 5.74) is 1.48. The zero-order valence-corrected chi connectivity index (χ0v) is 7.97. The lowest BCUT2D eigenvalue weighted by Crippen LogP contribution is -2.01. The summed E-state index contributed by atoms with van der Waals surface area (Å²) < 4.78 is 13.1. The summed E-state index contributed by atoms with van der Waals surface area (Å²) >= 11 is 0. The molecule has 72 valence electrons. The maximum atomic E-state index is 13.1. The second kappa shape index (κ2) is 4.43. The highest BCUT2D eigenvalue weighted by molar-refractivity contribution is 5.59. The van der Waals surface area contributed by atoms with Gasteiger partial charge in [0.15, 0.2) is 0 Å². The average molecular weight is 190 g/mol. The van der Waals surface area contributed by atoms with Crippen LogP contribution < -0.4 is 5.32 Å². The lowest BCUT2D eigenvalue weighted by molar-refractivity contribution is 0.618. The highest BCUT2D eigenvalue weighted by Crippen LogP contribution is 2.19. The first-order valence-electron chi connectivity index (χ1n) is 4.24. The number of anilines is 1. The molecule has 0 fully saturated rings. The Morgan fingerprint density at radius 2 is 2.36 bits per heavy atom. The van der Waals surface area contributed by atoms with E-state index in [1.807, 2.05) is 6.07 Å². The summed E-state index contributed by atoms with van der Waals surface area (Å²) in [6.07, 6.45) is 1.68. The van der Waals surface area contributed by atoms with Crippen LogP contribution in [-0.2, 0) is 0 Å². The maximum absolute atomic E-state index is 13.1. The number of benzene rings is 1. The minimum absolute atomic E-state index is 0.315. The molecule has 0 aliphatic carbocycles. The van der Waals surface area contributed by atoms with Gasteiger partial charge in [0.05, 0.1) is 11.3 Å². The van der Waals surface area contributed by atoms with Gasteiger partial charge in [-0.05, 0) is 24.6 Å². The van der Waals surface area contributed by atoms with E-state index >= 15 is 0 Å². The van der Waals surface area contributed by atoms with E-state index in [1.54, 1.807) is 19.1 Å². The fourth-order valence-corrected chi connectivity index (χ4v) is 1.10. The number of nitrogens with one attached hydrogen (secondary N) is 1. The van der Waals surface area contributed by atoms with Crippen LogP contribution in [0.25, 0.3) is 0 Å². The van der Waals surface area contributed by atoms with Crippen molar-refractivity contribution in [3.05, 3.63) is 41.7 Å². The number of aryl methyl sites for hydroxylation is 1. The van der Waals surface area contributed by atoms with Gasteiger partial charge in [-0.15, -0.1) is 6.58 Å². The molecule has 1 rings (SSSR count). The van der Waals surface area contributed by atoms with E-state index in [9.17, 15) is 4.39 Å². The minimum atomic E-state index is -0.356. The fourth-order valence-electron chi connectivity index (χ4n) is 1.10. The van der Waals surface area contributed by atoms with E-state index in [0.29, 0.717) is 23.4 Å². The van der Waals surface area contributed by atoms with Gasteiger partial charge >= 0.3 is 0 Å². The molecule has 0 atom stereocenters. The Bertz CT molecular complexity index is 391. The smallest absolute Gasteiger partial charge is 0.127 e. The first-order valence-corrected chi connectivity index (χ1v) is 4.24.